The molecule has 0 bridgehead atoms. The Hall–Kier alpha value is -0.830. The van der Waals surface area contributed by atoms with Gasteiger partial charge in [-0.15, -0.1) is 0 Å². The fourth-order valence-electron chi connectivity index (χ4n) is 2.66. The Morgan fingerprint density at radius 2 is 2.17 bits per heavy atom. The second-order valence-corrected chi connectivity index (χ2v) is 5.09. The summed E-state index contributed by atoms with van der Waals surface area (Å²) in [4.78, 5) is 11.5. The summed E-state index contributed by atoms with van der Waals surface area (Å²) in [6.07, 6.45) is 8.71. The van der Waals surface area contributed by atoms with Crippen LogP contribution >= 0.6 is 0 Å². The van der Waals surface area contributed by atoms with E-state index in [4.69, 9.17) is 4.74 Å². The molecule has 0 aromatic heterocycles. The summed E-state index contributed by atoms with van der Waals surface area (Å²) in [6, 6.07) is 0.467. The number of esters is 1. The van der Waals surface area contributed by atoms with E-state index in [2.05, 4.69) is 25.2 Å². The predicted molar refractivity (Wildman–Crippen MR) is 74.4 cm³/mol. The lowest BCUT2D eigenvalue weighted by molar-refractivity contribution is -0.146. The topological polar surface area (TPSA) is 38.3 Å². The van der Waals surface area contributed by atoms with Crippen molar-refractivity contribution in [1.29, 1.82) is 0 Å². The van der Waals surface area contributed by atoms with Crippen molar-refractivity contribution in [3.63, 3.8) is 0 Å². The molecule has 0 aromatic carbocycles. The van der Waals surface area contributed by atoms with E-state index in [1.165, 1.54) is 19.1 Å². The Labute approximate surface area is 111 Å². The number of hydrogen-bond donors (Lipinski definition) is 1. The van der Waals surface area contributed by atoms with Gasteiger partial charge in [-0.05, 0) is 32.1 Å². The second kappa shape index (κ2) is 8.30. The summed E-state index contributed by atoms with van der Waals surface area (Å²) in [5, 5.41) is 3.59. The van der Waals surface area contributed by atoms with Gasteiger partial charge in [-0.3, -0.25) is 4.79 Å². The van der Waals surface area contributed by atoms with Gasteiger partial charge in [0.2, 0.25) is 0 Å². The molecule has 1 rings (SSSR count). The zero-order valence-electron chi connectivity index (χ0n) is 12.0. The maximum Gasteiger partial charge on any atom is 0.308 e. The first-order chi connectivity index (χ1) is 8.71. The Morgan fingerprint density at radius 1 is 1.39 bits per heavy atom. The van der Waals surface area contributed by atoms with Crippen LogP contribution in [0.1, 0.15) is 52.4 Å². The van der Waals surface area contributed by atoms with Gasteiger partial charge in [-0.25, -0.2) is 0 Å². The van der Waals surface area contributed by atoms with Crippen molar-refractivity contribution in [2.75, 3.05) is 13.7 Å². The lowest BCUT2D eigenvalue weighted by Crippen LogP contribution is -2.37. The minimum absolute atomic E-state index is 0.0404. The van der Waals surface area contributed by atoms with Crippen molar-refractivity contribution >= 4 is 5.97 Å². The lowest BCUT2D eigenvalue weighted by Gasteiger charge is -2.28. The lowest BCUT2D eigenvalue weighted by atomic mass is 9.85. The van der Waals surface area contributed by atoms with Crippen LogP contribution in [0.2, 0.25) is 0 Å². The maximum atomic E-state index is 11.5. The molecule has 0 heterocycles. The Balaban J connectivity index is 2.38. The highest BCUT2D eigenvalue weighted by atomic mass is 16.5. The molecule has 0 amide bonds. The third-order valence-electron chi connectivity index (χ3n) is 3.77. The van der Waals surface area contributed by atoms with Gasteiger partial charge in [0, 0.05) is 12.6 Å². The Morgan fingerprint density at radius 3 is 2.78 bits per heavy atom. The molecular weight excluding hydrogens is 226 g/mol. The quantitative estimate of drug-likeness (QED) is 0.584. The van der Waals surface area contributed by atoms with Gasteiger partial charge in [0.05, 0.1) is 13.0 Å². The molecule has 1 saturated carbocycles. The zero-order chi connectivity index (χ0) is 13.4. The van der Waals surface area contributed by atoms with E-state index in [0.717, 1.165) is 38.6 Å². The van der Waals surface area contributed by atoms with Crippen molar-refractivity contribution in [2.24, 2.45) is 5.92 Å². The summed E-state index contributed by atoms with van der Waals surface area (Å²) in [6.45, 7) is 5.33. The van der Waals surface area contributed by atoms with E-state index < -0.39 is 0 Å². The summed E-state index contributed by atoms with van der Waals surface area (Å²) >= 11 is 0. The maximum absolute atomic E-state index is 11.5. The van der Waals surface area contributed by atoms with Crippen molar-refractivity contribution in [1.82, 2.24) is 5.32 Å². The van der Waals surface area contributed by atoms with Gasteiger partial charge in [-0.2, -0.15) is 0 Å². The molecule has 18 heavy (non-hydrogen) atoms. The molecule has 0 radical (unpaired) electrons. The number of carbonyl (C=O) groups excluding carboxylic acids is 1. The summed E-state index contributed by atoms with van der Waals surface area (Å²) in [5.41, 5.74) is 1.47. The number of hydrogen-bond acceptors (Lipinski definition) is 3. The van der Waals surface area contributed by atoms with Gasteiger partial charge in [0.25, 0.3) is 0 Å². The minimum Gasteiger partial charge on any atom is -0.469 e. The third-order valence-corrected chi connectivity index (χ3v) is 3.77. The molecule has 2 atom stereocenters. The molecule has 1 fully saturated rings. The summed E-state index contributed by atoms with van der Waals surface area (Å²) in [7, 11) is 1.48. The first kappa shape index (κ1) is 15.2. The molecule has 2 unspecified atom stereocenters. The van der Waals surface area contributed by atoms with Crippen LogP contribution in [0.15, 0.2) is 11.6 Å². The van der Waals surface area contributed by atoms with Gasteiger partial charge in [0.15, 0.2) is 0 Å². The average molecular weight is 253 g/mol. The molecule has 104 valence electrons. The number of ether oxygens (including phenoxy) is 1. The predicted octanol–water partition coefficient (Wildman–Crippen LogP) is 3.05. The molecule has 0 spiro atoms. The molecule has 3 heteroatoms. The minimum atomic E-state index is -0.0404. The van der Waals surface area contributed by atoms with Crippen LogP contribution in [0.3, 0.4) is 0 Å². The monoisotopic (exact) mass is 253 g/mol. The first-order valence-corrected chi connectivity index (χ1v) is 7.20. The smallest absolute Gasteiger partial charge is 0.308 e. The standard InChI is InChI=1S/C15H27NO2/c1-4-7-12(5-2)11-16-14-9-6-8-13(10-14)15(17)18-3/h7,13-14,16H,4-6,8-11H2,1-3H3/b12-7+. The van der Waals surface area contributed by atoms with Crippen LogP contribution in [0.4, 0.5) is 0 Å². The van der Waals surface area contributed by atoms with Gasteiger partial charge >= 0.3 is 5.97 Å². The highest BCUT2D eigenvalue weighted by Gasteiger charge is 2.27. The molecule has 1 aliphatic carbocycles. The number of nitrogens with one attached hydrogen (secondary N) is 1. The second-order valence-electron chi connectivity index (χ2n) is 5.09. The average Bonchev–Trinajstić information content (AvgIpc) is 2.42. The SMILES string of the molecule is CC/C=C(\CC)CNC1CCCC(C(=O)OC)C1. The highest BCUT2D eigenvalue weighted by molar-refractivity contribution is 5.72. The van der Waals surface area contributed by atoms with E-state index in [-0.39, 0.29) is 11.9 Å². The van der Waals surface area contributed by atoms with Crippen LogP contribution in [0.5, 0.6) is 0 Å². The van der Waals surface area contributed by atoms with Crippen LogP contribution in [-0.2, 0) is 9.53 Å². The van der Waals surface area contributed by atoms with Gasteiger partial charge in [-0.1, -0.05) is 31.9 Å². The Kier molecular flexibility index (Phi) is 7.02. The van der Waals surface area contributed by atoms with Crippen molar-refractivity contribution in [2.45, 2.75) is 58.4 Å². The van der Waals surface area contributed by atoms with E-state index >= 15 is 0 Å². The van der Waals surface area contributed by atoms with Crippen LogP contribution < -0.4 is 5.32 Å². The first-order valence-electron chi connectivity index (χ1n) is 7.20. The molecule has 3 nitrogen and oxygen atoms in total. The molecule has 0 saturated heterocycles. The molecule has 0 aliphatic heterocycles. The van der Waals surface area contributed by atoms with E-state index in [1.807, 2.05) is 0 Å². The Bertz CT molecular complexity index is 286. The fraction of sp³-hybridized carbons (Fsp3) is 0.800. The third kappa shape index (κ3) is 4.81. The number of rotatable bonds is 6. The van der Waals surface area contributed by atoms with Gasteiger partial charge in [0.1, 0.15) is 0 Å². The van der Waals surface area contributed by atoms with E-state index in [1.54, 1.807) is 0 Å². The highest BCUT2D eigenvalue weighted by Crippen LogP contribution is 2.25. The van der Waals surface area contributed by atoms with Gasteiger partial charge < -0.3 is 10.1 Å². The number of carbonyl (C=O) groups is 1. The van der Waals surface area contributed by atoms with Crippen LogP contribution in [0, 0.1) is 5.92 Å². The van der Waals surface area contributed by atoms with E-state index in [0.29, 0.717) is 6.04 Å². The molecule has 1 aliphatic rings. The zero-order valence-corrected chi connectivity index (χ0v) is 12.0. The van der Waals surface area contributed by atoms with Crippen molar-refractivity contribution < 1.29 is 9.53 Å². The molecular formula is C15H27NO2. The number of methoxy groups -OCH3 is 1. The van der Waals surface area contributed by atoms with Crippen molar-refractivity contribution in [3.8, 4) is 0 Å². The normalized spacial score (nSPS) is 24.9. The van der Waals surface area contributed by atoms with Crippen LogP contribution in [-0.4, -0.2) is 25.7 Å². The summed E-state index contributed by atoms with van der Waals surface area (Å²) in [5.74, 6) is 0.0581. The fourth-order valence-corrected chi connectivity index (χ4v) is 2.66. The largest absolute Gasteiger partial charge is 0.469 e. The summed E-state index contributed by atoms with van der Waals surface area (Å²) < 4.78 is 4.85. The molecule has 1 N–H and O–H groups in total. The van der Waals surface area contributed by atoms with Crippen LogP contribution in [0.25, 0.3) is 0 Å². The van der Waals surface area contributed by atoms with Crippen molar-refractivity contribution in [3.05, 3.63) is 11.6 Å². The number of allylic oxidation sites excluding steroid dienone is 1. The van der Waals surface area contributed by atoms with E-state index in [9.17, 15) is 4.79 Å². The molecule has 0 aromatic rings.